The predicted molar refractivity (Wildman–Crippen MR) is 99.4 cm³/mol. The van der Waals surface area contributed by atoms with E-state index >= 15 is 0 Å². The molecule has 4 heteroatoms. The third-order valence-corrected chi connectivity index (χ3v) is 3.99. The lowest BCUT2D eigenvalue weighted by atomic mass is 10.2. The van der Waals surface area contributed by atoms with Gasteiger partial charge in [-0.05, 0) is 48.5 Å². The van der Waals surface area contributed by atoms with Gasteiger partial charge in [0.1, 0.15) is 0 Å². The van der Waals surface area contributed by atoms with Crippen molar-refractivity contribution in [2.75, 3.05) is 11.9 Å². The second-order valence-electron chi connectivity index (χ2n) is 5.20. The molecule has 2 rings (SSSR count). The molecule has 0 saturated carbocycles. The van der Waals surface area contributed by atoms with Gasteiger partial charge in [-0.2, -0.15) is 0 Å². The molecular formula is C18H21ClN2S. The Bertz CT molecular complexity index is 584. The van der Waals surface area contributed by atoms with Gasteiger partial charge in [-0.1, -0.05) is 55.3 Å². The third-order valence-electron chi connectivity index (χ3n) is 3.38. The molecule has 0 aliphatic heterocycles. The average molecular weight is 333 g/mol. The van der Waals surface area contributed by atoms with Crippen LogP contribution in [0.4, 0.5) is 5.69 Å². The minimum absolute atomic E-state index is 0.726. The summed E-state index contributed by atoms with van der Waals surface area (Å²) >= 11 is 11.5. The summed E-state index contributed by atoms with van der Waals surface area (Å²) < 4.78 is 0. The van der Waals surface area contributed by atoms with E-state index in [1.165, 1.54) is 5.56 Å². The largest absolute Gasteiger partial charge is 0.345 e. The van der Waals surface area contributed by atoms with Crippen molar-refractivity contribution < 1.29 is 0 Å². The van der Waals surface area contributed by atoms with Crippen LogP contribution in [0.5, 0.6) is 0 Å². The van der Waals surface area contributed by atoms with Crippen LogP contribution >= 0.6 is 23.8 Å². The summed E-state index contributed by atoms with van der Waals surface area (Å²) in [6.45, 7) is 3.96. The van der Waals surface area contributed by atoms with Gasteiger partial charge in [0.05, 0.1) is 0 Å². The molecule has 0 spiro atoms. The Labute approximate surface area is 143 Å². The van der Waals surface area contributed by atoms with Crippen LogP contribution in [0.25, 0.3) is 0 Å². The zero-order valence-electron chi connectivity index (χ0n) is 12.8. The quantitative estimate of drug-likeness (QED) is 0.719. The Morgan fingerprint density at radius 2 is 1.77 bits per heavy atom. The predicted octanol–water partition coefficient (Wildman–Crippen LogP) is 5.34. The van der Waals surface area contributed by atoms with Gasteiger partial charge >= 0.3 is 0 Å². The molecule has 0 saturated heterocycles. The Morgan fingerprint density at radius 3 is 2.41 bits per heavy atom. The number of benzene rings is 2. The van der Waals surface area contributed by atoms with Gasteiger partial charge in [0.15, 0.2) is 5.11 Å². The van der Waals surface area contributed by atoms with Gasteiger partial charge in [0.2, 0.25) is 0 Å². The highest BCUT2D eigenvalue weighted by Gasteiger charge is 2.10. The first-order valence-electron chi connectivity index (χ1n) is 7.54. The molecule has 2 aromatic carbocycles. The van der Waals surface area contributed by atoms with Crippen molar-refractivity contribution in [2.24, 2.45) is 0 Å². The van der Waals surface area contributed by atoms with Gasteiger partial charge < -0.3 is 10.2 Å². The van der Waals surface area contributed by atoms with Crippen molar-refractivity contribution in [3.8, 4) is 0 Å². The first kappa shape index (κ1) is 16.8. The van der Waals surface area contributed by atoms with E-state index in [4.69, 9.17) is 23.8 Å². The SMILES string of the molecule is CCCCN(Cc1ccccc1)C(=S)Nc1ccc(Cl)cc1. The van der Waals surface area contributed by atoms with Crippen LogP contribution in [0.15, 0.2) is 54.6 Å². The van der Waals surface area contributed by atoms with Crippen molar-refractivity contribution in [1.29, 1.82) is 0 Å². The number of halogens is 1. The van der Waals surface area contributed by atoms with Gasteiger partial charge in [-0.25, -0.2) is 0 Å². The van der Waals surface area contributed by atoms with E-state index < -0.39 is 0 Å². The standard InChI is InChI=1S/C18H21ClN2S/c1-2-3-13-21(14-15-7-5-4-6-8-15)18(22)20-17-11-9-16(19)10-12-17/h4-12H,2-3,13-14H2,1H3,(H,20,22). The molecule has 2 aromatic rings. The molecule has 22 heavy (non-hydrogen) atoms. The lowest BCUT2D eigenvalue weighted by molar-refractivity contribution is 0.408. The van der Waals surface area contributed by atoms with Crippen LogP contribution in [-0.4, -0.2) is 16.6 Å². The number of anilines is 1. The molecule has 0 aromatic heterocycles. The summed E-state index contributed by atoms with van der Waals surface area (Å²) in [5.74, 6) is 0. The minimum Gasteiger partial charge on any atom is -0.345 e. The van der Waals surface area contributed by atoms with Crippen LogP contribution in [0, 0.1) is 0 Å². The molecule has 0 heterocycles. The molecule has 0 radical (unpaired) electrons. The molecule has 0 aliphatic rings. The average Bonchev–Trinajstić information content (AvgIpc) is 2.54. The topological polar surface area (TPSA) is 15.3 Å². The fourth-order valence-electron chi connectivity index (χ4n) is 2.14. The van der Waals surface area contributed by atoms with Crippen molar-refractivity contribution >= 4 is 34.6 Å². The molecule has 0 amide bonds. The number of rotatable bonds is 6. The molecule has 1 N–H and O–H groups in total. The van der Waals surface area contributed by atoms with Crippen LogP contribution in [0.1, 0.15) is 25.3 Å². The summed E-state index contributed by atoms with van der Waals surface area (Å²) in [7, 11) is 0. The van der Waals surface area contributed by atoms with Gasteiger partial charge in [-0.3, -0.25) is 0 Å². The molecular weight excluding hydrogens is 312 g/mol. The van der Waals surface area contributed by atoms with E-state index in [1.54, 1.807) is 0 Å². The highest BCUT2D eigenvalue weighted by molar-refractivity contribution is 7.80. The number of hydrogen-bond donors (Lipinski definition) is 1. The first-order chi connectivity index (χ1) is 10.7. The summed E-state index contributed by atoms with van der Waals surface area (Å²) in [5, 5.41) is 4.77. The lowest BCUT2D eigenvalue weighted by Crippen LogP contribution is -2.35. The number of unbranched alkanes of at least 4 members (excludes halogenated alkanes) is 1. The van der Waals surface area contributed by atoms with Crippen molar-refractivity contribution in [3.05, 3.63) is 65.2 Å². The van der Waals surface area contributed by atoms with Crippen molar-refractivity contribution in [3.63, 3.8) is 0 Å². The summed E-state index contributed by atoms with van der Waals surface area (Å²) in [6, 6.07) is 18.0. The number of thiocarbonyl (C=S) groups is 1. The van der Waals surface area contributed by atoms with E-state index in [1.807, 2.05) is 30.3 Å². The molecule has 2 nitrogen and oxygen atoms in total. The summed E-state index contributed by atoms with van der Waals surface area (Å²) in [6.07, 6.45) is 2.27. The maximum absolute atomic E-state index is 5.92. The number of hydrogen-bond acceptors (Lipinski definition) is 1. The second-order valence-corrected chi connectivity index (χ2v) is 6.02. The van der Waals surface area contributed by atoms with Gasteiger partial charge in [0, 0.05) is 23.8 Å². The smallest absolute Gasteiger partial charge is 0.173 e. The Balaban J connectivity index is 2.03. The van der Waals surface area contributed by atoms with Crippen LogP contribution in [0.2, 0.25) is 5.02 Å². The van der Waals surface area contributed by atoms with Crippen LogP contribution < -0.4 is 5.32 Å². The van der Waals surface area contributed by atoms with Crippen LogP contribution in [-0.2, 0) is 6.54 Å². The van der Waals surface area contributed by atoms with Crippen molar-refractivity contribution in [2.45, 2.75) is 26.3 Å². The van der Waals surface area contributed by atoms with Gasteiger partial charge in [0.25, 0.3) is 0 Å². The molecule has 0 unspecified atom stereocenters. The molecule has 116 valence electrons. The maximum Gasteiger partial charge on any atom is 0.173 e. The minimum atomic E-state index is 0.726. The highest BCUT2D eigenvalue weighted by Crippen LogP contribution is 2.15. The molecule has 0 aliphatic carbocycles. The van der Waals surface area contributed by atoms with E-state index in [9.17, 15) is 0 Å². The fourth-order valence-corrected chi connectivity index (χ4v) is 2.54. The van der Waals surface area contributed by atoms with Crippen LogP contribution in [0.3, 0.4) is 0 Å². The normalized spacial score (nSPS) is 10.3. The third kappa shape index (κ3) is 5.32. The lowest BCUT2D eigenvalue weighted by Gasteiger charge is -2.26. The Hall–Kier alpha value is -1.58. The fraction of sp³-hybridized carbons (Fsp3) is 0.278. The number of nitrogens with zero attached hydrogens (tertiary/aromatic N) is 1. The molecule has 0 fully saturated rings. The molecule has 0 bridgehead atoms. The van der Waals surface area contributed by atoms with Gasteiger partial charge in [-0.15, -0.1) is 0 Å². The van der Waals surface area contributed by atoms with E-state index in [0.29, 0.717) is 0 Å². The number of nitrogens with one attached hydrogen (secondary N) is 1. The summed E-state index contributed by atoms with van der Waals surface area (Å²) in [5.41, 5.74) is 2.22. The van der Waals surface area contributed by atoms with Crippen molar-refractivity contribution in [1.82, 2.24) is 4.90 Å². The second kappa shape index (κ2) is 8.76. The van der Waals surface area contributed by atoms with E-state index in [0.717, 1.165) is 41.8 Å². The summed E-state index contributed by atoms with van der Waals surface area (Å²) in [4.78, 5) is 2.21. The molecule has 0 atom stereocenters. The highest BCUT2D eigenvalue weighted by atomic mass is 35.5. The zero-order valence-corrected chi connectivity index (χ0v) is 14.3. The van der Waals surface area contributed by atoms with E-state index in [2.05, 4.69) is 41.4 Å². The maximum atomic E-state index is 5.92. The monoisotopic (exact) mass is 332 g/mol. The Kier molecular flexibility index (Phi) is 6.69. The first-order valence-corrected chi connectivity index (χ1v) is 8.33. The zero-order chi connectivity index (χ0) is 15.8. The van der Waals surface area contributed by atoms with E-state index in [-0.39, 0.29) is 0 Å². The Morgan fingerprint density at radius 1 is 1.09 bits per heavy atom.